The van der Waals surface area contributed by atoms with Gasteiger partial charge < -0.3 is 9.47 Å². The van der Waals surface area contributed by atoms with Gasteiger partial charge in [-0.1, -0.05) is 19.3 Å². The number of hydrazine groups is 1. The molecule has 1 aromatic heterocycles. The number of nitrogens with zero attached hydrogens (tertiary/aromatic N) is 2. The maximum Gasteiger partial charge on any atom is 0.237 e. The van der Waals surface area contributed by atoms with Gasteiger partial charge in [0.15, 0.2) is 0 Å². The molecular weight excluding hydrogens is 244 g/mol. The van der Waals surface area contributed by atoms with E-state index in [1.807, 2.05) is 0 Å². The molecule has 0 aromatic carbocycles. The molecule has 6 heteroatoms. The molecule has 1 atom stereocenters. The average molecular weight is 266 g/mol. The summed E-state index contributed by atoms with van der Waals surface area (Å²) in [5, 5.41) is 0. The van der Waals surface area contributed by atoms with Gasteiger partial charge in [0.2, 0.25) is 5.88 Å². The molecule has 0 aliphatic heterocycles. The fourth-order valence-electron chi connectivity index (χ4n) is 2.93. The zero-order chi connectivity index (χ0) is 13.7. The summed E-state index contributed by atoms with van der Waals surface area (Å²) >= 11 is 0. The van der Waals surface area contributed by atoms with Crippen LogP contribution in [0.15, 0.2) is 12.4 Å². The minimum absolute atomic E-state index is 0.221. The van der Waals surface area contributed by atoms with Gasteiger partial charge in [0.25, 0.3) is 0 Å². The van der Waals surface area contributed by atoms with Gasteiger partial charge in [-0.05, 0) is 12.8 Å². The fourth-order valence-corrected chi connectivity index (χ4v) is 2.93. The predicted octanol–water partition coefficient (Wildman–Crippen LogP) is 1.34. The highest BCUT2D eigenvalue weighted by atomic mass is 16.5. The van der Waals surface area contributed by atoms with E-state index >= 15 is 0 Å². The molecule has 1 aromatic rings. The van der Waals surface area contributed by atoms with Gasteiger partial charge in [-0.2, -0.15) is 0 Å². The topological polar surface area (TPSA) is 82.3 Å². The largest absolute Gasteiger partial charge is 0.480 e. The van der Waals surface area contributed by atoms with Crippen LogP contribution in [-0.4, -0.2) is 29.8 Å². The number of nitrogens with two attached hydrogens (primary N) is 1. The Labute approximate surface area is 113 Å². The third-order valence-corrected chi connectivity index (χ3v) is 3.96. The monoisotopic (exact) mass is 266 g/mol. The summed E-state index contributed by atoms with van der Waals surface area (Å²) in [6, 6.07) is -0.221. The summed E-state index contributed by atoms with van der Waals surface area (Å²) in [6.07, 6.45) is 8.67. The number of nitrogens with one attached hydrogen (secondary N) is 1. The quantitative estimate of drug-likeness (QED) is 0.618. The van der Waals surface area contributed by atoms with E-state index in [1.54, 1.807) is 26.6 Å². The van der Waals surface area contributed by atoms with Gasteiger partial charge >= 0.3 is 0 Å². The summed E-state index contributed by atoms with van der Waals surface area (Å²) < 4.78 is 11.1. The molecule has 3 N–H and O–H groups in total. The normalized spacial score (nSPS) is 19.9. The van der Waals surface area contributed by atoms with E-state index in [0.717, 1.165) is 25.7 Å². The summed E-state index contributed by atoms with van der Waals surface area (Å²) in [5.74, 6) is 6.26. The molecule has 0 bridgehead atoms. The van der Waals surface area contributed by atoms with Crippen LogP contribution in [-0.2, 0) is 4.74 Å². The number of aromatic nitrogens is 2. The SMILES string of the molecule is COc1nccnc1C(NN)C1(OC)CCCCC1. The van der Waals surface area contributed by atoms with Crippen LogP contribution >= 0.6 is 0 Å². The standard InChI is InChI=1S/C13H22N4O2/c1-18-12-10(15-8-9-16-12)11(17-14)13(19-2)6-4-3-5-7-13/h8-9,11,17H,3-7,14H2,1-2H3. The fraction of sp³-hybridized carbons (Fsp3) is 0.692. The second-order valence-electron chi connectivity index (χ2n) is 4.88. The molecule has 1 saturated carbocycles. The minimum Gasteiger partial charge on any atom is -0.480 e. The Balaban J connectivity index is 2.36. The Bertz CT molecular complexity index is 407. The van der Waals surface area contributed by atoms with Crippen molar-refractivity contribution in [1.82, 2.24) is 15.4 Å². The van der Waals surface area contributed by atoms with Crippen molar-refractivity contribution in [3.05, 3.63) is 18.1 Å². The van der Waals surface area contributed by atoms with Gasteiger partial charge in [-0.3, -0.25) is 10.8 Å². The molecule has 1 aliphatic carbocycles. The van der Waals surface area contributed by atoms with E-state index in [-0.39, 0.29) is 11.6 Å². The Morgan fingerprint density at radius 1 is 1.21 bits per heavy atom. The van der Waals surface area contributed by atoms with Crippen LogP contribution in [0.3, 0.4) is 0 Å². The zero-order valence-corrected chi connectivity index (χ0v) is 11.6. The maximum atomic E-state index is 5.82. The Morgan fingerprint density at radius 2 is 1.89 bits per heavy atom. The lowest BCUT2D eigenvalue weighted by Crippen LogP contribution is -2.49. The molecule has 106 valence electrons. The zero-order valence-electron chi connectivity index (χ0n) is 11.6. The van der Waals surface area contributed by atoms with Crippen LogP contribution in [0.1, 0.15) is 43.8 Å². The van der Waals surface area contributed by atoms with Gasteiger partial charge in [0.05, 0.1) is 18.8 Å². The highest BCUT2D eigenvalue weighted by Crippen LogP contribution is 2.41. The number of methoxy groups -OCH3 is 2. The molecule has 1 heterocycles. The van der Waals surface area contributed by atoms with E-state index in [1.165, 1.54) is 6.42 Å². The van der Waals surface area contributed by atoms with E-state index in [2.05, 4.69) is 15.4 Å². The summed E-state index contributed by atoms with van der Waals surface area (Å²) in [5.41, 5.74) is 3.21. The van der Waals surface area contributed by atoms with E-state index < -0.39 is 0 Å². The molecule has 0 amide bonds. The van der Waals surface area contributed by atoms with Crippen molar-refractivity contribution < 1.29 is 9.47 Å². The van der Waals surface area contributed by atoms with Crippen LogP contribution < -0.4 is 16.0 Å². The van der Waals surface area contributed by atoms with Crippen LogP contribution in [0, 0.1) is 0 Å². The van der Waals surface area contributed by atoms with Crippen molar-refractivity contribution in [2.24, 2.45) is 5.84 Å². The maximum absolute atomic E-state index is 5.82. The first-order valence-corrected chi connectivity index (χ1v) is 6.63. The van der Waals surface area contributed by atoms with Crippen LogP contribution in [0.2, 0.25) is 0 Å². The van der Waals surface area contributed by atoms with Crippen molar-refractivity contribution >= 4 is 0 Å². The third kappa shape index (κ3) is 2.70. The lowest BCUT2D eigenvalue weighted by atomic mass is 9.78. The van der Waals surface area contributed by atoms with Gasteiger partial charge in [-0.25, -0.2) is 10.4 Å². The smallest absolute Gasteiger partial charge is 0.237 e. The molecule has 6 nitrogen and oxygen atoms in total. The number of hydrogen-bond donors (Lipinski definition) is 2. The highest BCUT2D eigenvalue weighted by Gasteiger charge is 2.42. The van der Waals surface area contributed by atoms with Crippen molar-refractivity contribution in [3.63, 3.8) is 0 Å². The second kappa shape index (κ2) is 6.27. The van der Waals surface area contributed by atoms with E-state index in [0.29, 0.717) is 11.6 Å². The predicted molar refractivity (Wildman–Crippen MR) is 71.5 cm³/mol. The first-order chi connectivity index (χ1) is 9.27. The molecule has 0 saturated heterocycles. The summed E-state index contributed by atoms with van der Waals surface area (Å²) in [6.45, 7) is 0. The Morgan fingerprint density at radius 3 is 2.47 bits per heavy atom. The molecule has 0 spiro atoms. The van der Waals surface area contributed by atoms with Crippen LogP contribution in [0.5, 0.6) is 5.88 Å². The van der Waals surface area contributed by atoms with Gasteiger partial charge in [0, 0.05) is 19.5 Å². The highest BCUT2D eigenvalue weighted by molar-refractivity contribution is 5.24. The Hall–Kier alpha value is -1.24. The molecule has 0 radical (unpaired) electrons. The lowest BCUT2D eigenvalue weighted by molar-refractivity contribution is -0.0704. The van der Waals surface area contributed by atoms with Crippen molar-refractivity contribution in [2.75, 3.05) is 14.2 Å². The molecule has 1 fully saturated rings. The van der Waals surface area contributed by atoms with Gasteiger partial charge in [-0.15, -0.1) is 0 Å². The first kappa shape index (κ1) is 14.2. The molecule has 1 unspecified atom stereocenters. The van der Waals surface area contributed by atoms with E-state index in [4.69, 9.17) is 15.3 Å². The van der Waals surface area contributed by atoms with Crippen LogP contribution in [0.4, 0.5) is 0 Å². The number of hydrogen-bond acceptors (Lipinski definition) is 6. The van der Waals surface area contributed by atoms with Gasteiger partial charge in [0.1, 0.15) is 5.69 Å². The second-order valence-corrected chi connectivity index (χ2v) is 4.88. The number of ether oxygens (including phenoxy) is 2. The van der Waals surface area contributed by atoms with Crippen LogP contribution in [0.25, 0.3) is 0 Å². The third-order valence-electron chi connectivity index (χ3n) is 3.96. The van der Waals surface area contributed by atoms with Crippen molar-refractivity contribution in [1.29, 1.82) is 0 Å². The molecule has 2 rings (SSSR count). The molecular formula is C13H22N4O2. The average Bonchev–Trinajstić information content (AvgIpc) is 2.49. The summed E-state index contributed by atoms with van der Waals surface area (Å²) in [4.78, 5) is 8.57. The lowest BCUT2D eigenvalue weighted by Gasteiger charge is -2.41. The number of rotatable bonds is 5. The molecule has 1 aliphatic rings. The summed E-state index contributed by atoms with van der Waals surface area (Å²) in [7, 11) is 3.32. The van der Waals surface area contributed by atoms with E-state index in [9.17, 15) is 0 Å². The van der Waals surface area contributed by atoms with Crippen molar-refractivity contribution in [2.45, 2.75) is 43.7 Å². The molecule has 19 heavy (non-hydrogen) atoms. The van der Waals surface area contributed by atoms with Crippen molar-refractivity contribution in [3.8, 4) is 5.88 Å². The Kier molecular flexibility index (Phi) is 4.68. The minimum atomic E-state index is -0.337. The first-order valence-electron chi connectivity index (χ1n) is 6.63.